The number of carbonyl (C=O) groups excluding carboxylic acids is 1. The van der Waals surface area contributed by atoms with Crippen LogP contribution < -0.4 is 14.2 Å². The Balaban J connectivity index is 1.38. The molecule has 0 heterocycles. The van der Waals surface area contributed by atoms with Gasteiger partial charge < -0.3 is 24.1 Å². The molecule has 7 heteroatoms. The Hall–Kier alpha value is -5.11. The van der Waals surface area contributed by atoms with E-state index in [2.05, 4.69) is 41.3 Å². The van der Waals surface area contributed by atoms with Crippen molar-refractivity contribution in [3.63, 3.8) is 0 Å². The topological polar surface area (TPSA) is 77.5 Å². The summed E-state index contributed by atoms with van der Waals surface area (Å²) >= 11 is 0. The monoisotopic (exact) mass is 645 g/mol. The van der Waals surface area contributed by atoms with Gasteiger partial charge in [-0.25, -0.2) is 4.79 Å². The van der Waals surface area contributed by atoms with Crippen molar-refractivity contribution in [1.29, 1.82) is 0 Å². The highest BCUT2D eigenvalue weighted by molar-refractivity contribution is 5.92. The predicted molar refractivity (Wildman–Crippen MR) is 188 cm³/mol. The zero-order valence-electron chi connectivity index (χ0n) is 27.8. The van der Waals surface area contributed by atoms with E-state index in [1.165, 1.54) is 18.2 Å². The lowest BCUT2D eigenvalue weighted by molar-refractivity contribution is 0.0594. The van der Waals surface area contributed by atoms with Gasteiger partial charge in [0.2, 0.25) is 0 Å². The number of hydrogen-bond acceptors (Lipinski definition) is 7. The van der Waals surface area contributed by atoms with Crippen molar-refractivity contribution in [2.45, 2.75) is 31.6 Å². The summed E-state index contributed by atoms with van der Waals surface area (Å²) in [5.41, 5.74) is 5.37. The average molecular weight is 646 g/mol. The van der Waals surface area contributed by atoms with Crippen molar-refractivity contribution in [3.8, 4) is 17.2 Å². The van der Waals surface area contributed by atoms with Crippen LogP contribution in [0.2, 0.25) is 0 Å². The first-order valence-electron chi connectivity index (χ1n) is 16.1. The van der Waals surface area contributed by atoms with Gasteiger partial charge in [-0.2, -0.15) is 0 Å². The molecule has 1 atom stereocenters. The van der Waals surface area contributed by atoms with E-state index in [9.17, 15) is 9.90 Å². The van der Waals surface area contributed by atoms with Crippen molar-refractivity contribution in [2.24, 2.45) is 0 Å². The zero-order chi connectivity index (χ0) is 33.7. The summed E-state index contributed by atoms with van der Waals surface area (Å²) in [6.07, 6.45) is -0.0570. The molecule has 5 rings (SSSR count). The largest absolute Gasteiger partial charge is 0.497 e. The molecule has 0 spiro atoms. The molecule has 248 valence electrons. The number of rotatable bonds is 16. The smallest absolute Gasteiger partial charge is 0.341 e. The number of nitrogens with zero attached hydrogens (tertiary/aromatic N) is 1. The highest BCUT2D eigenvalue weighted by Gasteiger charge is 2.22. The Morgan fingerprint density at radius 2 is 1.23 bits per heavy atom. The van der Waals surface area contributed by atoms with Crippen LogP contribution in [0.25, 0.3) is 0 Å². The van der Waals surface area contributed by atoms with Gasteiger partial charge in [0.1, 0.15) is 29.4 Å². The Morgan fingerprint density at radius 3 is 1.77 bits per heavy atom. The number of ether oxygens (including phenoxy) is 4. The van der Waals surface area contributed by atoms with Crippen molar-refractivity contribution < 1.29 is 28.8 Å². The summed E-state index contributed by atoms with van der Waals surface area (Å²) in [6.45, 7) is 2.02. The second-order valence-electron chi connectivity index (χ2n) is 11.6. The molecule has 0 aliphatic carbocycles. The fraction of sp³-hybridized carbons (Fsp3) is 0.244. The normalized spacial score (nSPS) is 11.7. The number of hydrogen-bond donors (Lipinski definition) is 1. The first-order valence-corrected chi connectivity index (χ1v) is 16.1. The van der Waals surface area contributed by atoms with Gasteiger partial charge in [0.15, 0.2) is 0 Å². The molecule has 5 aromatic carbocycles. The number of aliphatic hydroxyl groups is 1. The fourth-order valence-corrected chi connectivity index (χ4v) is 5.82. The van der Waals surface area contributed by atoms with Gasteiger partial charge in [0, 0.05) is 19.0 Å². The maximum absolute atomic E-state index is 12.8. The van der Waals surface area contributed by atoms with Crippen LogP contribution >= 0.6 is 0 Å². The molecule has 0 saturated heterocycles. The average Bonchev–Trinajstić information content (AvgIpc) is 3.14. The van der Waals surface area contributed by atoms with Gasteiger partial charge in [-0.3, -0.25) is 4.90 Å². The molecule has 0 amide bonds. The molecule has 0 saturated carbocycles. The van der Waals surface area contributed by atoms with E-state index in [0.29, 0.717) is 37.6 Å². The van der Waals surface area contributed by atoms with E-state index in [1.54, 1.807) is 26.4 Å². The summed E-state index contributed by atoms with van der Waals surface area (Å²) < 4.78 is 21.9. The Kier molecular flexibility index (Phi) is 12.2. The predicted octanol–water partition coefficient (Wildman–Crippen LogP) is 7.83. The lowest BCUT2D eigenvalue weighted by Crippen LogP contribution is -2.30. The van der Waals surface area contributed by atoms with E-state index in [4.69, 9.17) is 18.9 Å². The molecule has 7 nitrogen and oxygen atoms in total. The molecule has 0 radical (unpaired) electrons. The van der Waals surface area contributed by atoms with E-state index >= 15 is 0 Å². The van der Waals surface area contributed by atoms with Crippen LogP contribution in [0.4, 0.5) is 0 Å². The number of methoxy groups -OCH3 is 3. The number of aliphatic hydroxyl groups excluding tert-OH is 1. The first-order chi connectivity index (χ1) is 23.5. The van der Waals surface area contributed by atoms with Gasteiger partial charge in [-0.05, 0) is 77.2 Å². The van der Waals surface area contributed by atoms with Gasteiger partial charge in [-0.15, -0.1) is 0 Å². The minimum atomic E-state index is -0.860. The zero-order valence-corrected chi connectivity index (χ0v) is 27.8. The van der Waals surface area contributed by atoms with Gasteiger partial charge in [0.25, 0.3) is 0 Å². The van der Waals surface area contributed by atoms with Crippen LogP contribution in [0.5, 0.6) is 17.2 Å². The quantitative estimate of drug-likeness (QED) is 0.110. The van der Waals surface area contributed by atoms with E-state index in [0.717, 1.165) is 29.0 Å². The van der Waals surface area contributed by atoms with E-state index in [1.807, 2.05) is 78.9 Å². The van der Waals surface area contributed by atoms with Crippen LogP contribution in [0.15, 0.2) is 127 Å². The second kappa shape index (κ2) is 17.2. The molecule has 48 heavy (non-hydrogen) atoms. The van der Waals surface area contributed by atoms with Gasteiger partial charge in [-0.1, -0.05) is 91.0 Å². The van der Waals surface area contributed by atoms with Gasteiger partial charge >= 0.3 is 5.97 Å². The van der Waals surface area contributed by atoms with Crippen molar-refractivity contribution in [1.82, 2.24) is 4.90 Å². The van der Waals surface area contributed by atoms with Crippen LogP contribution in [0, 0.1) is 0 Å². The summed E-state index contributed by atoms with van der Waals surface area (Å²) in [4.78, 5) is 15.1. The van der Waals surface area contributed by atoms with Crippen molar-refractivity contribution >= 4 is 5.97 Å². The maximum atomic E-state index is 12.8. The Bertz CT molecular complexity index is 1660. The number of carbonyl (C=O) groups is 1. The molecule has 0 fully saturated rings. The molecule has 0 aliphatic rings. The number of benzene rings is 5. The molecule has 1 N–H and O–H groups in total. The third kappa shape index (κ3) is 9.25. The molecule has 5 aromatic rings. The third-order valence-electron chi connectivity index (χ3n) is 8.48. The van der Waals surface area contributed by atoms with Crippen LogP contribution in [-0.2, 0) is 17.9 Å². The molecular weight excluding hydrogens is 602 g/mol. The summed E-state index contributed by atoms with van der Waals surface area (Å²) in [6, 6.07) is 41.6. The van der Waals surface area contributed by atoms with Crippen molar-refractivity contribution in [2.75, 3.05) is 34.4 Å². The second-order valence-corrected chi connectivity index (χ2v) is 11.6. The lowest BCUT2D eigenvalue weighted by Gasteiger charge is -2.28. The van der Waals surface area contributed by atoms with Crippen LogP contribution in [-0.4, -0.2) is 50.4 Å². The summed E-state index contributed by atoms with van der Waals surface area (Å²) in [5.74, 6) is 1.61. The maximum Gasteiger partial charge on any atom is 0.341 e. The van der Waals surface area contributed by atoms with Crippen molar-refractivity contribution in [3.05, 3.63) is 161 Å². The SMILES string of the molecule is COC(=O)c1cc(C(O)CN(CCC(c2ccc(OC)cc2)c2ccc(OC)cc2)Cc2ccccc2)ccc1OCc1ccccc1. The molecule has 1 unspecified atom stereocenters. The Morgan fingerprint density at radius 1 is 0.688 bits per heavy atom. The standard InChI is InChI=1S/C41H43NO6/c1-45-35-19-14-32(15-20-35)37(33-16-21-36(46-2)22-17-33)24-25-42(27-30-10-6-4-7-11-30)28-39(43)34-18-23-40(38(26-34)41(44)47-3)48-29-31-12-8-5-9-13-31/h4-23,26,37,39,43H,24-25,27-29H2,1-3H3. The fourth-order valence-electron chi connectivity index (χ4n) is 5.82. The van der Waals surface area contributed by atoms with Gasteiger partial charge in [0.05, 0.1) is 27.4 Å². The molecular formula is C41H43NO6. The first kappa shape index (κ1) is 34.2. The molecule has 0 aliphatic heterocycles. The van der Waals surface area contributed by atoms with Crippen LogP contribution in [0.3, 0.4) is 0 Å². The summed E-state index contributed by atoms with van der Waals surface area (Å²) in [7, 11) is 4.68. The summed E-state index contributed by atoms with van der Waals surface area (Å²) in [5, 5.41) is 11.6. The molecule has 0 aromatic heterocycles. The highest BCUT2D eigenvalue weighted by atomic mass is 16.5. The lowest BCUT2D eigenvalue weighted by atomic mass is 9.88. The highest BCUT2D eigenvalue weighted by Crippen LogP contribution is 2.32. The van der Waals surface area contributed by atoms with Crippen LogP contribution in [0.1, 0.15) is 56.6 Å². The minimum Gasteiger partial charge on any atom is -0.497 e. The van der Waals surface area contributed by atoms with E-state index < -0.39 is 12.1 Å². The minimum absolute atomic E-state index is 0.101. The molecule has 0 bridgehead atoms. The number of esters is 1. The third-order valence-corrected chi connectivity index (χ3v) is 8.48. The van der Waals surface area contributed by atoms with E-state index in [-0.39, 0.29) is 11.5 Å². The Labute approximate surface area is 283 Å².